The summed E-state index contributed by atoms with van der Waals surface area (Å²) in [6.45, 7) is -0.719. The predicted molar refractivity (Wildman–Crippen MR) is 102 cm³/mol. The number of ether oxygens (including phenoxy) is 1. The maximum atomic E-state index is 12.7. The zero-order valence-electron chi connectivity index (χ0n) is 15.9. The fourth-order valence-electron chi connectivity index (χ4n) is 2.32. The van der Waals surface area contributed by atoms with Gasteiger partial charge in [-0.05, 0) is 42.5 Å². The summed E-state index contributed by atoms with van der Waals surface area (Å²) in [4.78, 5) is 45.8. The Hall–Kier alpha value is -3.89. The first-order valence-corrected chi connectivity index (χ1v) is 8.80. The predicted octanol–water partition coefficient (Wildman–Crippen LogP) is 3.30. The minimum atomic E-state index is -4.56. The van der Waals surface area contributed by atoms with Gasteiger partial charge in [-0.3, -0.25) is 14.4 Å². The van der Waals surface area contributed by atoms with Crippen LogP contribution in [0, 0.1) is 0 Å². The van der Waals surface area contributed by atoms with Gasteiger partial charge >= 0.3 is 18.1 Å². The van der Waals surface area contributed by atoms with E-state index in [0.29, 0.717) is 5.69 Å². The molecule has 3 N–H and O–H groups in total. The molecule has 0 radical (unpaired) electrons. The Balaban J connectivity index is 1.85. The van der Waals surface area contributed by atoms with Crippen molar-refractivity contribution in [3.05, 3.63) is 59.7 Å². The SMILES string of the molecule is O=C(O)CCC(=O)Nc1ccc(C(=O)OCC(=O)Nc2cccc(C(F)(F)F)c2)cc1. The molecule has 164 valence electrons. The Kier molecular flexibility index (Phi) is 7.72. The van der Waals surface area contributed by atoms with Crippen molar-refractivity contribution in [3.8, 4) is 0 Å². The lowest BCUT2D eigenvalue weighted by atomic mass is 10.2. The number of amides is 2. The second kappa shape index (κ2) is 10.2. The van der Waals surface area contributed by atoms with Gasteiger partial charge in [-0.2, -0.15) is 13.2 Å². The Morgan fingerprint density at radius 3 is 2.13 bits per heavy atom. The zero-order valence-corrected chi connectivity index (χ0v) is 15.9. The monoisotopic (exact) mass is 438 g/mol. The van der Waals surface area contributed by atoms with E-state index in [1.807, 2.05) is 0 Å². The first-order chi connectivity index (χ1) is 14.5. The molecule has 0 saturated carbocycles. The number of alkyl halides is 3. The number of carboxylic acid groups (broad SMARTS) is 1. The molecule has 0 unspecified atom stereocenters. The summed E-state index contributed by atoms with van der Waals surface area (Å²) in [7, 11) is 0. The number of hydrogen-bond donors (Lipinski definition) is 3. The van der Waals surface area contributed by atoms with E-state index in [4.69, 9.17) is 9.84 Å². The first kappa shape index (κ1) is 23.4. The zero-order chi connectivity index (χ0) is 23.0. The number of carbonyl (C=O) groups is 4. The topological polar surface area (TPSA) is 122 Å². The third-order valence-corrected chi connectivity index (χ3v) is 3.78. The molecule has 0 heterocycles. The van der Waals surface area contributed by atoms with Crippen LogP contribution in [-0.4, -0.2) is 35.5 Å². The second-order valence-corrected chi connectivity index (χ2v) is 6.22. The number of esters is 1. The van der Waals surface area contributed by atoms with Crippen molar-refractivity contribution in [2.45, 2.75) is 19.0 Å². The van der Waals surface area contributed by atoms with Gasteiger partial charge < -0.3 is 20.5 Å². The van der Waals surface area contributed by atoms with Crippen molar-refractivity contribution < 1.29 is 42.2 Å². The van der Waals surface area contributed by atoms with Gasteiger partial charge in [-0.15, -0.1) is 0 Å². The number of carboxylic acids is 1. The van der Waals surface area contributed by atoms with Crippen molar-refractivity contribution >= 4 is 35.1 Å². The summed E-state index contributed by atoms with van der Waals surface area (Å²) in [6.07, 6.45) is -5.09. The number of carbonyl (C=O) groups excluding carboxylic acids is 3. The molecule has 0 aliphatic heterocycles. The molecule has 0 bridgehead atoms. The normalized spacial score (nSPS) is 10.8. The maximum Gasteiger partial charge on any atom is 0.416 e. The summed E-state index contributed by atoms with van der Waals surface area (Å²) in [5.41, 5.74) is -0.638. The van der Waals surface area contributed by atoms with E-state index >= 15 is 0 Å². The van der Waals surface area contributed by atoms with Gasteiger partial charge in [0.25, 0.3) is 5.91 Å². The molecule has 0 atom stereocenters. The van der Waals surface area contributed by atoms with Crippen LogP contribution in [0.4, 0.5) is 24.5 Å². The van der Waals surface area contributed by atoms with Crippen molar-refractivity contribution in [2.24, 2.45) is 0 Å². The molecular formula is C20H17F3N2O6. The van der Waals surface area contributed by atoms with Crippen LogP contribution in [0.5, 0.6) is 0 Å². The number of halogens is 3. The van der Waals surface area contributed by atoms with E-state index in [-0.39, 0.29) is 24.1 Å². The van der Waals surface area contributed by atoms with E-state index in [2.05, 4.69) is 10.6 Å². The third kappa shape index (κ3) is 7.80. The summed E-state index contributed by atoms with van der Waals surface area (Å²) in [6, 6.07) is 9.41. The van der Waals surface area contributed by atoms with Gasteiger partial charge in [-0.1, -0.05) is 6.07 Å². The number of aliphatic carboxylic acids is 1. The van der Waals surface area contributed by atoms with Crippen LogP contribution in [0.3, 0.4) is 0 Å². The molecule has 11 heteroatoms. The van der Waals surface area contributed by atoms with Crippen LogP contribution in [0.15, 0.2) is 48.5 Å². The molecule has 2 amide bonds. The molecule has 0 saturated heterocycles. The van der Waals surface area contributed by atoms with Crippen molar-refractivity contribution in [1.29, 1.82) is 0 Å². The maximum absolute atomic E-state index is 12.7. The number of nitrogens with one attached hydrogen (secondary N) is 2. The molecule has 0 spiro atoms. The van der Waals surface area contributed by atoms with Crippen LogP contribution in [0.25, 0.3) is 0 Å². The fourth-order valence-corrected chi connectivity index (χ4v) is 2.32. The summed E-state index contributed by atoms with van der Waals surface area (Å²) in [5, 5.41) is 13.2. The van der Waals surface area contributed by atoms with Crippen molar-refractivity contribution in [3.63, 3.8) is 0 Å². The van der Waals surface area contributed by atoms with E-state index in [9.17, 15) is 32.3 Å². The number of benzene rings is 2. The third-order valence-electron chi connectivity index (χ3n) is 3.78. The molecule has 2 aromatic carbocycles. The van der Waals surface area contributed by atoms with Gasteiger partial charge in [-0.25, -0.2) is 4.79 Å². The van der Waals surface area contributed by atoms with Crippen molar-refractivity contribution in [1.82, 2.24) is 0 Å². The second-order valence-electron chi connectivity index (χ2n) is 6.22. The summed E-state index contributed by atoms with van der Waals surface area (Å²) in [5.74, 6) is -3.30. The molecule has 0 aliphatic rings. The van der Waals surface area contributed by atoms with Gasteiger partial charge in [0.2, 0.25) is 5.91 Å². The molecule has 2 rings (SSSR count). The Bertz CT molecular complexity index is 974. The average Bonchev–Trinajstić information content (AvgIpc) is 2.70. The molecule has 0 aliphatic carbocycles. The summed E-state index contributed by atoms with van der Waals surface area (Å²) >= 11 is 0. The van der Waals surface area contributed by atoms with Gasteiger partial charge in [0.1, 0.15) is 0 Å². The lowest BCUT2D eigenvalue weighted by molar-refractivity contribution is -0.138. The van der Waals surface area contributed by atoms with E-state index in [1.54, 1.807) is 0 Å². The van der Waals surface area contributed by atoms with Crippen LogP contribution in [0.1, 0.15) is 28.8 Å². The van der Waals surface area contributed by atoms with Crippen LogP contribution in [-0.2, 0) is 25.3 Å². The highest BCUT2D eigenvalue weighted by atomic mass is 19.4. The molecule has 31 heavy (non-hydrogen) atoms. The Morgan fingerprint density at radius 2 is 1.52 bits per heavy atom. The smallest absolute Gasteiger partial charge is 0.416 e. The molecule has 0 aromatic heterocycles. The average molecular weight is 438 g/mol. The lowest BCUT2D eigenvalue weighted by Gasteiger charge is -2.10. The van der Waals surface area contributed by atoms with Crippen LogP contribution in [0.2, 0.25) is 0 Å². The van der Waals surface area contributed by atoms with Gasteiger partial charge in [0.15, 0.2) is 6.61 Å². The highest BCUT2D eigenvalue weighted by Crippen LogP contribution is 2.30. The standard InChI is InChI=1S/C20H17F3N2O6/c21-20(22,23)13-2-1-3-15(10-13)25-17(27)11-31-19(30)12-4-6-14(7-5-12)24-16(26)8-9-18(28)29/h1-7,10H,8-9,11H2,(H,24,26)(H,25,27)(H,28,29). The van der Waals surface area contributed by atoms with Crippen LogP contribution >= 0.6 is 0 Å². The number of rotatable bonds is 8. The van der Waals surface area contributed by atoms with E-state index in [0.717, 1.165) is 18.2 Å². The lowest BCUT2D eigenvalue weighted by Crippen LogP contribution is -2.21. The minimum absolute atomic E-state index is 0.0652. The van der Waals surface area contributed by atoms with E-state index < -0.39 is 42.1 Å². The van der Waals surface area contributed by atoms with E-state index in [1.165, 1.54) is 30.3 Å². The highest BCUT2D eigenvalue weighted by molar-refractivity contribution is 5.96. The fraction of sp³-hybridized carbons (Fsp3) is 0.200. The summed E-state index contributed by atoms with van der Waals surface area (Å²) < 4.78 is 42.9. The van der Waals surface area contributed by atoms with Crippen LogP contribution < -0.4 is 10.6 Å². The molecule has 0 fully saturated rings. The minimum Gasteiger partial charge on any atom is -0.481 e. The van der Waals surface area contributed by atoms with Gasteiger partial charge in [0, 0.05) is 17.8 Å². The van der Waals surface area contributed by atoms with Crippen molar-refractivity contribution in [2.75, 3.05) is 17.2 Å². The first-order valence-electron chi connectivity index (χ1n) is 8.80. The molecule has 8 nitrogen and oxygen atoms in total. The quantitative estimate of drug-likeness (QED) is 0.544. The molecule has 2 aromatic rings. The number of anilines is 2. The van der Waals surface area contributed by atoms with Gasteiger partial charge in [0.05, 0.1) is 17.5 Å². The molecular weight excluding hydrogens is 421 g/mol. The highest BCUT2D eigenvalue weighted by Gasteiger charge is 2.30. The Labute approximate surface area is 174 Å². The largest absolute Gasteiger partial charge is 0.481 e. The number of hydrogen-bond acceptors (Lipinski definition) is 5. The Morgan fingerprint density at radius 1 is 0.871 bits per heavy atom.